The summed E-state index contributed by atoms with van der Waals surface area (Å²) in [7, 11) is 0. The van der Waals surface area contributed by atoms with Crippen LogP contribution in [-0.4, -0.2) is 14.3 Å². The number of nitrogens with two attached hydrogens (primary N) is 1. The fourth-order valence-corrected chi connectivity index (χ4v) is 2.67. The Morgan fingerprint density at radius 2 is 2.11 bits per heavy atom. The molecule has 3 aromatic heterocycles. The van der Waals surface area contributed by atoms with Gasteiger partial charge in [-0.2, -0.15) is 5.10 Å². The maximum Gasteiger partial charge on any atom is 0.259 e. The topological polar surface area (TPSA) is 65.8 Å². The van der Waals surface area contributed by atoms with Crippen molar-refractivity contribution in [3.63, 3.8) is 0 Å². The molecule has 3 rings (SSSR count). The van der Waals surface area contributed by atoms with E-state index in [9.17, 15) is 4.79 Å². The lowest BCUT2D eigenvalue weighted by Crippen LogP contribution is -2.21. The van der Waals surface area contributed by atoms with Gasteiger partial charge in [-0.3, -0.25) is 9.48 Å². The lowest BCUT2D eigenvalue weighted by atomic mass is 10.3. The Bertz CT molecular complexity index is 740. The van der Waals surface area contributed by atoms with E-state index >= 15 is 0 Å². The van der Waals surface area contributed by atoms with E-state index in [0.29, 0.717) is 18.9 Å². The van der Waals surface area contributed by atoms with Crippen LogP contribution in [-0.2, 0) is 13.1 Å². The predicted molar refractivity (Wildman–Crippen MR) is 72.7 cm³/mol. The number of nitrogen functional groups attached to an aromatic ring is 1. The first-order valence-corrected chi connectivity index (χ1v) is 6.47. The molecule has 0 radical (unpaired) electrons. The Balaban J connectivity index is 1.86. The quantitative estimate of drug-likeness (QED) is 0.777. The van der Waals surface area contributed by atoms with E-state index in [4.69, 9.17) is 5.73 Å². The average molecular weight is 260 g/mol. The molecule has 0 atom stereocenters. The zero-order chi connectivity index (χ0) is 12.5. The van der Waals surface area contributed by atoms with Gasteiger partial charge in [0.15, 0.2) is 0 Å². The second-order valence-electron chi connectivity index (χ2n) is 4.02. The Labute approximate surface area is 107 Å². The average Bonchev–Trinajstić information content (AvgIpc) is 2.97. The highest BCUT2D eigenvalue weighted by atomic mass is 32.1. The van der Waals surface area contributed by atoms with Crippen molar-refractivity contribution >= 4 is 27.2 Å². The smallest absolute Gasteiger partial charge is 0.259 e. The highest BCUT2D eigenvalue weighted by molar-refractivity contribution is 7.17. The zero-order valence-electron chi connectivity index (χ0n) is 9.61. The van der Waals surface area contributed by atoms with Crippen LogP contribution in [0.5, 0.6) is 0 Å². The minimum Gasteiger partial charge on any atom is -0.382 e. The normalized spacial score (nSPS) is 11.1. The van der Waals surface area contributed by atoms with Crippen LogP contribution in [0.1, 0.15) is 0 Å². The summed E-state index contributed by atoms with van der Waals surface area (Å²) in [5.41, 5.74) is 5.59. The van der Waals surface area contributed by atoms with Gasteiger partial charge in [0.05, 0.1) is 11.9 Å². The van der Waals surface area contributed by atoms with Crippen LogP contribution in [0.4, 0.5) is 5.82 Å². The van der Waals surface area contributed by atoms with Crippen molar-refractivity contribution in [2.45, 2.75) is 13.1 Å². The molecule has 0 aliphatic heterocycles. The molecule has 0 saturated carbocycles. The van der Waals surface area contributed by atoms with E-state index in [-0.39, 0.29) is 5.56 Å². The number of nitrogens with zero attached hydrogens (tertiary/aromatic N) is 3. The first-order chi connectivity index (χ1) is 8.74. The van der Waals surface area contributed by atoms with Crippen molar-refractivity contribution in [2.24, 2.45) is 0 Å². The Hall–Kier alpha value is -2.08. The molecule has 3 heterocycles. The third kappa shape index (κ3) is 1.91. The van der Waals surface area contributed by atoms with E-state index < -0.39 is 0 Å². The Morgan fingerprint density at radius 3 is 2.89 bits per heavy atom. The number of anilines is 1. The number of hydrogen-bond acceptors (Lipinski definition) is 4. The largest absolute Gasteiger partial charge is 0.382 e. The van der Waals surface area contributed by atoms with Crippen molar-refractivity contribution < 1.29 is 0 Å². The van der Waals surface area contributed by atoms with Crippen LogP contribution in [0.15, 0.2) is 40.8 Å². The molecule has 5 nitrogen and oxygen atoms in total. The fraction of sp³-hybridized carbons (Fsp3) is 0.167. The van der Waals surface area contributed by atoms with E-state index in [1.165, 1.54) is 0 Å². The number of pyridine rings is 1. The van der Waals surface area contributed by atoms with Crippen LogP contribution in [0, 0.1) is 0 Å². The van der Waals surface area contributed by atoms with Crippen LogP contribution >= 0.6 is 11.3 Å². The number of thiophene rings is 1. The molecule has 0 fully saturated rings. The first kappa shape index (κ1) is 11.0. The molecule has 18 heavy (non-hydrogen) atoms. The van der Waals surface area contributed by atoms with Gasteiger partial charge in [-0.25, -0.2) is 0 Å². The van der Waals surface area contributed by atoms with Gasteiger partial charge in [-0.05, 0) is 23.6 Å². The maximum atomic E-state index is 12.1. The van der Waals surface area contributed by atoms with Crippen molar-refractivity contribution in [1.82, 2.24) is 14.3 Å². The summed E-state index contributed by atoms with van der Waals surface area (Å²) in [4.78, 5) is 12.1. The van der Waals surface area contributed by atoms with Gasteiger partial charge in [-0.15, -0.1) is 11.3 Å². The van der Waals surface area contributed by atoms with Crippen LogP contribution in [0.3, 0.4) is 0 Å². The number of rotatable bonds is 3. The molecule has 3 aromatic rings. The molecule has 0 aliphatic carbocycles. The molecule has 2 N–H and O–H groups in total. The molecule has 0 unspecified atom stereocenters. The molecule has 0 spiro atoms. The summed E-state index contributed by atoms with van der Waals surface area (Å²) in [5.74, 6) is 0.496. The van der Waals surface area contributed by atoms with Gasteiger partial charge in [-0.1, -0.05) is 0 Å². The van der Waals surface area contributed by atoms with Gasteiger partial charge in [0.25, 0.3) is 5.56 Å². The third-order valence-electron chi connectivity index (χ3n) is 2.82. The summed E-state index contributed by atoms with van der Waals surface area (Å²) in [5, 5.41) is 6.80. The van der Waals surface area contributed by atoms with Crippen LogP contribution < -0.4 is 11.3 Å². The van der Waals surface area contributed by atoms with Gasteiger partial charge in [0, 0.05) is 23.6 Å². The SMILES string of the molecule is Nc1ccn(CCn2ccc3sccc3c2=O)n1. The van der Waals surface area contributed by atoms with Gasteiger partial charge < -0.3 is 10.3 Å². The van der Waals surface area contributed by atoms with E-state index in [0.717, 1.165) is 10.1 Å². The van der Waals surface area contributed by atoms with Crippen molar-refractivity contribution in [3.8, 4) is 0 Å². The molecule has 92 valence electrons. The number of fused-ring (bicyclic) bond motifs is 1. The molecular formula is C12H12N4OS. The van der Waals surface area contributed by atoms with Crippen LogP contribution in [0.2, 0.25) is 0 Å². The minimum atomic E-state index is 0.0499. The highest BCUT2D eigenvalue weighted by Gasteiger charge is 2.03. The highest BCUT2D eigenvalue weighted by Crippen LogP contribution is 2.16. The third-order valence-corrected chi connectivity index (χ3v) is 3.71. The van der Waals surface area contributed by atoms with Crippen molar-refractivity contribution in [2.75, 3.05) is 5.73 Å². The standard InChI is InChI=1S/C12H12N4OS/c13-11-2-5-16(14-11)7-6-15-4-1-10-9(12(15)17)3-8-18-10/h1-5,8H,6-7H2,(H2,13,14). The maximum absolute atomic E-state index is 12.1. The van der Waals surface area contributed by atoms with E-state index in [1.807, 2.05) is 29.9 Å². The van der Waals surface area contributed by atoms with Crippen molar-refractivity contribution in [3.05, 3.63) is 46.3 Å². The molecular weight excluding hydrogens is 248 g/mol. The monoisotopic (exact) mass is 260 g/mol. The first-order valence-electron chi connectivity index (χ1n) is 5.59. The molecule has 0 amide bonds. The van der Waals surface area contributed by atoms with Gasteiger partial charge in [0.2, 0.25) is 0 Å². The summed E-state index contributed by atoms with van der Waals surface area (Å²) >= 11 is 1.58. The summed E-state index contributed by atoms with van der Waals surface area (Å²) in [6, 6.07) is 5.58. The lowest BCUT2D eigenvalue weighted by molar-refractivity contribution is 0.527. The summed E-state index contributed by atoms with van der Waals surface area (Å²) in [6.07, 6.45) is 3.64. The van der Waals surface area contributed by atoms with Gasteiger partial charge in [0.1, 0.15) is 5.82 Å². The van der Waals surface area contributed by atoms with Crippen LogP contribution in [0.25, 0.3) is 10.1 Å². The molecule has 0 saturated heterocycles. The Morgan fingerprint density at radius 1 is 1.22 bits per heavy atom. The van der Waals surface area contributed by atoms with Crippen molar-refractivity contribution in [1.29, 1.82) is 0 Å². The minimum absolute atomic E-state index is 0.0499. The van der Waals surface area contributed by atoms with E-state index in [2.05, 4.69) is 5.10 Å². The number of hydrogen-bond donors (Lipinski definition) is 1. The fourth-order valence-electron chi connectivity index (χ4n) is 1.90. The predicted octanol–water partition coefficient (Wildman–Crippen LogP) is 1.54. The summed E-state index contributed by atoms with van der Waals surface area (Å²) in [6.45, 7) is 1.22. The number of aryl methyl sites for hydroxylation is 2. The van der Waals surface area contributed by atoms with Gasteiger partial charge >= 0.3 is 0 Å². The lowest BCUT2D eigenvalue weighted by Gasteiger charge is -2.05. The second kappa shape index (κ2) is 4.30. The molecule has 0 aliphatic rings. The van der Waals surface area contributed by atoms with E-state index in [1.54, 1.807) is 26.7 Å². The molecule has 6 heteroatoms. The Kier molecular flexibility index (Phi) is 2.64. The zero-order valence-corrected chi connectivity index (χ0v) is 10.4. The summed E-state index contributed by atoms with van der Waals surface area (Å²) < 4.78 is 4.46. The number of aromatic nitrogens is 3. The molecule has 0 bridgehead atoms. The second-order valence-corrected chi connectivity index (χ2v) is 4.96. The molecule has 0 aromatic carbocycles.